The fourth-order valence-corrected chi connectivity index (χ4v) is 3.94. The summed E-state index contributed by atoms with van der Waals surface area (Å²) in [6, 6.07) is 17.1. The number of benzene rings is 3. The number of nitrogens with one attached hydrogen (secondary N) is 1. The van der Waals surface area contributed by atoms with E-state index in [0.29, 0.717) is 5.71 Å². The van der Waals surface area contributed by atoms with Crippen LogP contribution in [0, 0.1) is 26.2 Å². The van der Waals surface area contributed by atoms with Gasteiger partial charge >= 0.3 is 0 Å². The molecule has 0 aliphatic heterocycles. The zero-order valence-corrected chi connectivity index (χ0v) is 16.5. The molecule has 0 spiro atoms. The van der Waals surface area contributed by atoms with E-state index in [1.165, 1.54) is 44.2 Å². The fourth-order valence-electron chi connectivity index (χ4n) is 3.94. The standard InChI is InChI=1S/C26H25N/c1-16-9-11-22(13-16)24-14-20-7-5-6-8-21(20)15-25(24)26(27)23-12-10-17(2)18(3)19(23)4/h5-10,12-15,27H,11H2,1-4H3. The van der Waals surface area contributed by atoms with Gasteiger partial charge in [0.2, 0.25) is 0 Å². The lowest BCUT2D eigenvalue weighted by molar-refractivity contribution is 1.25. The zero-order chi connectivity index (χ0) is 19.1. The molecular formula is C26H25N. The minimum Gasteiger partial charge on any atom is -0.300 e. The predicted molar refractivity (Wildman–Crippen MR) is 117 cm³/mol. The Balaban J connectivity index is 1.93. The molecule has 1 N–H and O–H groups in total. The number of aryl methyl sites for hydroxylation is 1. The maximum absolute atomic E-state index is 9.06. The summed E-state index contributed by atoms with van der Waals surface area (Å²) >= 11 is 0. The Morgan fingerprint density at radius 2 is 1.52 bits per heavy atom. The van der Waals surface area contributed by atoms with Crippen molar-refractivity contribution < 1.29 is 0 Å². The predicted octanol–water partition coefficient (Wildman–Crippen LogP) is 6.91. The van der Waals surface area contributed by atoms with E-state index in [1.807, 2.05) is 0 Å². The lowest BCUT2D eigenvalue weighted by Crippen LogP contribution is -2.09. The third-order valence-electron chi connectivity index (χ3n) is 5.87. The smallest absolute Gasteiger partial charge is 0.0693 e. The number of allylic oxidation sites excluding steroid dienone is 4. The van der Waals surface area contributed by atoms with E-state index in [0.717, 1.165) is 17.5 Å². The van der Waals surface area contributed by atoms with Crippen LogP contribution in [-0.4, -0.2) is 5.71 Å². The van der Waals surface area contributed by atoms with Crippen LogP contribution in [0.15, 0.2) is 66.3 Å². The van der Waals surface area contributed by atoms with Crippen LogP contribution >= 0.6 is 0 Å². The van der Waals surface area contributed by atoms with Crippen molar-refractivity contribution in [1.29, 1.82) is 5.41 Å². The van der Waals surface area contributed by atoms with Gasteiger partial charge in [-0.15, -0.1) is 0 Å². The lowest BCUT2D eigenvalue weighted by Gasteiger charge is -2.17. The highest BCUT2D eigenvalue weighted by molar-refractivity contribution is 6.16. The van der Waals surface area contributed by atoms with E-state index in [-0.39, 0.29) is 0 Å². The second-order valence-corrected chi connectivity index (χ2v) is 7.62. The molecule has 1 aliphatic rings. The third kappa shape index (κ3) is 3.04. The minimum atomic E-state index is 0.613. The van der Waals surface area contributed by atoms with Gasteiger partial charge in [-0.25, -0.2) is 0 Å². The second-order valence-electron chi connectivity index (χ2n) is 7.62. The van der Waals surface area contributed by atoms with Gasteiger partial charge < -0.3 is 0 Å². The first kappa shape index (κ1) is 17.5. The van der Waals surface area contributed by atoms with Crippen LogP contribution < -0.4 is 0 Å². The molecular weight excluding hydrogens is 326 g/mol. The zero-order valence-electron chi connectivity index (χ0n) is 16.5. The molecule has 0 heterocycles. The van der Waals surface area contributed by atoms with Gasteiger partial charge in [-0.1, -0.05) is 54.1 Å². The number of rotatable bonds is 3. The molecule has 0 saturated carbocycles. The molecule has 4 rings (SSSR count). The maximum Gasteiger partial charge on any atom is 0.0693 e. The van der Waals surface area contributed by atoms with Gasteiger partial charge in [0.15, 0.2) is 0 Å². The molecule has 0 fully saturated rings. The van der Waals surface area contributed by atoms with Crippen LogP contribution in [0.2, 0.25) is 0 Å². The Labute approximate surface area is 161 Å². The maximum atomic E-state index is 9.06. The summed E-state index contributed by atoms with van der Waals surface area (Å²) in [5.74, 6) is 0. The first-order chi connectivity index (χ1) is 13.0. The summed E-state index contributed by atoms with van der Waals surface area (Å²) < 4.78 is 0. The van der Waals surface area contributed by atoms with Gasteiger partial charge in [-0.05, 0) is 84.8 Å². The van der Waals surface area contributed by atoms with Crippen molar-refractivity contribution in [2.24, 2.45) is 0 Å². The molecule has 3 aromatic rings. The largest absolute Gasteiger partial charge is 0.300 e. The molecule has 1 aliphatic carbocycles. The fraction of sp³-hybridized carbons (Fsp3) is 0.192. The van der Waals surface area contributed by atoms with Crippen molar-refractivity contribution >= 4 is 22.1 Å². The molecule has 1 nitrogen and oxygen atoms in total. The Morgan fingerprint density at radius 1 is 0.815 bits per heavy atom. The molecule has 0 bridgehead atoms. The van der Waals surface area contributed by atoms with Crippen molar-refractivity contribution in [2.45, 2.75) is 34.1 Å². The summed E-state index contributed by atoms with van der Waals surface area (Å²) in [4.78, 5) is 0. The second kappa shape index (κ2) is 6.66. The van der Waals surface area contributed by atoms with Crippen LogP contribution in [0.3, 0.4) is 0 Å². The van der Waals surface area contributed by atoms with Gasteiger partial charge in [-0.2, -0.15) is 0 Å². The van der Waals surface area contributed by atoms with E-state index in [9.17, 15) is 0 Å². The first-order valence-electron chi connectivity index (χ1n) is 9.52. The highest BCUT2D eigenvalue weighted by Gasteiger charge is 2.18. The first-order valence-corrected chi connectivity index (χ1v) is 9.52. The Kier molecular flexibility index (Phi) is 4.31. The number of hydrogen-bond acceptors (Lipinski definition) is 1. The van der Waals surface area contributed by atoms with E-state index >= 15 is 0 Å². The Hall–Kier alpha value is -2.93. The summed E-state index contributed by atoms with van der Waals surface area (Å²) in [5.41, 5.74) is 10.2. The van der Waals surface area contributed by atoms with Crippen molar-refractivity contribution in [2.75, 3.05) is 0 Å². The summed E-state index contributed by atoms with van der Waals surface area (Å²) in [6.45, 7) is 8.56. The number of fused-ring (bicyclic) bond motifs is 1. The van der Waals surface area contributed by atoms with E-state index < -0.39 is 0 Å². The van der Waals surface area contributed by atoms with Crippen molar-refractivity contribution in [3.63, 3.8) is 0 Å². The molecule has 134 valence electrons. The monoisotopic (exact) mass is 351 g/mol. The molecule has 0 aromatic heterocycles. The van der Waals surface area contributed by atoms with Crippen molar-refractivity contribution in [3.8, 4) is 0 Å². The van der Waals surface area contributed by atoms with E-state index in [4.69, 9.17) is 5.41 Å². The van der Waals surface area contributed by atoms with Gasteiger partial charge in [0, 0.05) is 11.1 Å². The third-order valence-corrected chi connectivity index (χ3v) is 5.87. The van der Waals surface area contributed by atoms with Crippen LogP contribution in [-0.2, 0) is 0 Å². The van der Waals surface area contributed by atoms with E-state index in [2.05, 4.69) is 88.4 Å². The number of hydrogen-bond donors (Lipinski definition) is 1. The van der Waals surface area contributed by atoms with Gasteiger partial charge in [-0.3, -0.25) is 5.41 Å². The normalized spacial score (nSPS) is 13.6. The molecule has 0 saturated heterocycles. The summed E-state index contributed by atoms with van der Waals surface area (Å²) in [7, 11) is 0. The molecule has 0 amide bonds. The van der Waals surface area contributed by atoms with E-state index in [1.54, 1.807) is 0 Å². The topological polar surface area (TPSA) is 23.9 Å². The summed E-state index contributed by atoms with van der Waals surface area (Å²) in [5, 5.41) is 11.5. The molecule has 1 heteroatoms. The Morgan fingerprint density at radius 3 is 2.19 bits per heavy atom. The molecule has 0 atom stereocenters. The van der Waals surface area contributed by atoms with Gasteiger partial charge in [0.05, 0.1) is 5.71 Å². The average molecular weight is 351 g/mol. The Bertz CT molecular complexity index is 1140. The highest BCUT2D eigenvalue weighted by Crippen LogP contribution is 2.34. The SMILES string of the molecule is CC1=CCC(c2cc3ccccc3cc2C(=N)c2ccc(C)c(C)c2C)=C1. The molecule has 27 heavy (non-hydrogen) atoms. The minimum absolute atomic E-state index is 0.613. The van der Waals surface area contributed by atoms with Crippen LogP contribution in [0.4, 0.5) is 0 Å². The quantitative estimate of drug-likeness (QED) is 0.495. The van der Waals surface area contributed by atoms with Gasteiger partial charge in [0.1, 0.15) is 0 Å². The van der Waals surface area contributed by atoms with Crippen molar-refractivity contribution in [3.05, 3.63) is 99.6 Å². The average Bonchev–Trinajstić information content (AvgIpc) is 3.11. The lowest BCUT2D eigenvalue weighted by atomic mass is 9.87. The highest BCUT2D eigenvalue weighted by atomic mass is 14.4. The van der Waals surface area contributed by atoms with Crippen molar-refractivity contribution in [1.82, 2.24) is 0 Å². The summed E-state index contributed by atoms with van der Waals surface area (Å²) in [6.07, 6.45) is 5.46. The molecule has 0 radical (unpaired) electrons. The van der Waals surface area contributed by atoms with Crippen LogP contribution in [0.1, 0.15) is 46.7 Å². The van der Waals surface area contributed by atoms with Crippen LogP contribution in [0.5, 0.6) is 0 Å². The molecule has 0 unspecified atom stereocenters. The van der Waals surface area contributed by atoms with Crippen LogP contribution in [0.25, 0.3) is 16.3 Å². The molecule has 3 aromatic carbocycles. The van der Waals surface area contributed by atoms with Gasteiger partial charge in [0.25, 0.3) is 0 Å².